The second-order valence-electron chi connectivity index (χ2n) is 14.5. The maximum atomic E-state index is 14.6. The SMILES string of the molecule is Cc1cccc2c1N(COC(=O)C(NC(=O)OC(C)(C)C)C(C)C)C(=O)[C@@H](NC(=O)[C@H](CCC(F)(F)F)[C@H](CCC(F)(F)F)C(N)=O)N=C2c1cccc(F)c1. The maximum absolute atomic E-state index is 14.6. The Kier molecular flexibility index (Phi) is 14.6. The van der Waals surface area contributed by atoms with Crippen LogP contribution < -0.4 is 21.3 Å². The number of rotatable bonds is 14. The minimum Gasteiger partial charge on any atom is -0.444 e. The molecule has 1 heterocycles. The monoisotopic (exact) mass is 803 g/mol. The van der Waals surface area contributed by atoms with E-state index in [2.05, 4.69) is 15.6 Å². The zero-order valence-electron chi connectivity index (χ0n) is 31.4. The normalized spacial score (nSPS) is 16.5. The van der Waals surface area contributed by atoms with Crippen LogP contribution in [0.3, 0.4) is 0 Å². The topological polar surface area (TPSA) is 169 Å². The zero-order valence-corrected chi connectivity index (χ0v) is 31.4. The third kappa shape index (κ3) is 12.9. The quantitative estimate of drug-likeness (QED) is 0.151. The molecular weight excluding hydrogens is 759 g/mol. The van der Waals surface area contributed by atoms with Gasteiger partial charge in [0.2, 0.25) is 18.0 Å². The van der Waals surface area contributed by atoms with E-state index in [1.165, 1.54) is 18.2 Å². The molecule has 0 aliphatic carbocycles. The Morgan fingerprint density at radius 3 is 2.05 bits per heavy atom. The van der Waals surface area contributed by atoms with E-state index in [4.69, 9.17) is 15.2 Å². The molecule has 1 unspecified atom stereocenters. The third-order valence-electron chi connectivity index (χ3n) is 8.49. The van der Waals surface area contributed by atoms with E-state index >= 15 is 0 Å². The van der Waals surface area contributed by atoms with Crippen molar-refractivity contribution in [2.24, 2.45) is 28.5 Å². The number of fused-ring (bicyclic) bond motifs is 1. The average Bonchev–Trinajstić information content (AvgIpc) is 3.16. The van der Waals surface area contributed by atoms with Crippen molar-refractivity contribution in [2.75, 3.05) is 11.6 Å². The minimum absolute atomic E-state index is 0.0556. The molecule has 2 aromatic carbocycles. The second kappa shape index (κ2) is 18.1. The van der Waals surface area contributed by atoms with E-state index in [-0.39, 0.29) is 22.5 Å². The summed E-state index contributed by atoms with van der Waals surface area (Å²) in [5, 5.41) is 4.59. The fraction of sp³-hybridized carbons (Fsp3) is 0.514. The molecule has 4 atom stereocenters. The summed E-state index contributed by atoms with van der Waals surface area (Å²) < 4.78 is 105. The molecule has 0 radical (unpaired) electrons. The van der Waals surface area contributed by atoms with Gasteiger partial charge in [0.05, 0.1) is 11.4 Å². The fourth-order valence-corrected chi connectivity index (χ4v) is 5.90. The van der Waals surface area contributed by atoms with Crippen molar-refractivity contribution in [1.29, 1.82) is 0 Å². The average molecular weight is 804 g/mol. The van der Waals surface area contributed by atoms with E-state index in [0.717, 1.165) is 17.0 Å². The summed E-state index contributed by atoms with van der Waals surface area (Å²) in [6.45, 7) is 8.66. The number of aliphatic imine (C=N–C) groups is 1. The Hall–Kier alpha value is -5.23. The molecular formula is C37H44F7N5O7. The first kappa shape index (κ1) is 45.2. The Morgan fingerprint density at radius 2 is 1.52 bits per heavy atom. The Balaban J connectivity index is 2.13. The number of aryl methyl sites for hydroxylation is 1. The first-order valence-electron chi connectivity index (χ1n) is 17.4. The second-order valence-corrected chi connectivity index (χ2v) is 14.5. The van der Waals surface area contributed by atoms with E-state index in [1.54, 1.807) is 53.7 Å². The molecule has 2 aromatic rings. The van der Waals surface area contributed by atoms with Crippen molar-refractivity contribution >= 4 is 41.2 Å². The number of ether oxygens (including phenoxy) is 2. The van der Waals surface area contributed by atoms with Gasteiger partial charge < -0.3 is 25.8 Å². The van der Waals surface area contributed by atoms with Crippen molar-refractivity contribution in [3.8, 4) is 0 Å². The summed E-state index contributed by atoms with van der Waals surface area (Å²) in [7, 11) is 0. The number of benzodiazepines with no additional fused rings is 1. The van der Waals surface area contributed by atoms with Gasteiger partial charge in [-0.05, 0) is 64.2 Å². The van der Waals surface area contributed by atoms with Gasteiger partial charge in [-0.3, -0.25) is 19.3 Å². The number of carbonyl (C=O) groups is 5. The molecule has 0 spiro atoms. The molecule has 12 nitrogen and oxygen atoms in total. The number of esters is 1. The summed E-state index contributed by atoms with van der Waals surface area (Å²) in [5.74, 6) is -10.6. The number of para-hydroxylation sites is 1. The largest absolute Gasteiger partial charge is 0.444 e. The Bertz CT molecular complexity index is 1810. The van der Waals surface area contributed by atoms with Crippen molar-refractivity contribution in [3.63, 3.8) is 0 Å². The molecule has 0 bridgehead atoms. The van der Waals surface area contributed by atoms with Gasteiger partial charge in [-0.25, -0.2) is 19.0 Å². The van der Waals surface area contributed by atoms with Gasteiger partial charge in [0, 0.05) is 35.8 Å². The summed E-state index contributed by atoms with van der Waals surface area (Å²) in [4.78, 5) is 71.8. The lowest BCUT2D eigenvalue weighted by Gasteiger charge is -2.29. The van der Waals surface area contributed by atoms with Gasteiger partial charge >= 0.3 is 24.4 Å². The van der Waals surface area contributed by atoms with Crippen LogP contribution in [0.5, 0.6) is 0 Å². The number of anilines is 1. The lowest BCUT2D eigenvalue weighted by molar-refractivity contribution is -0.152. The summed E-state index contributed by atoms with van der Waals surface area (Å²) in [6, 6.07) is 8.19. The number of amides is 4. The van der Waals surface area contributed by atoms with Gasteiger partial charge in [0.15, 0.2) is 6.73 Å². The highest BCUT2D eigenvalue weighted by Gasteiger charge is 2.42. The summed E-state index contributed by atoms with van der Waals surface area (Å²) in [6.07, 6.45) is -18.5. The van der Waals surface area contributed by atoms with Crippen molar-refractivity contribution in [2.45, 2.75) is 97.4 Å². The predicted octanol–water partition coefficient (Wildman–Crippen LogP) is 6.21. The molecule has 0 saturated heterocycles. The molecule has 0 fully saturated rings. The van der Waals surface area contributed by atoms with E-state index in [1.807, 2.05) is 0 Å². The van der Waals surface area contributed by atoms with Crippen LogP contribution in [0, 0.1) is 30.5 Å². The van der Waals surface area contributed by atoms with Crippen LogP contribution in [0.4, 0.5) is 41.2 Å². The summed E-state index contributed by atoms with van der Waals surface area (Å²) in [5.41, 5.74) is 4.94. The molecule has 56 heavy (non-hydrogen) atoms. The number of alkyl carbamates (subject to hydrolysis) is 1. The summed E-state index contributed by atoms with van der Waals surface area (Å²) >= 11 is 0. The van der Waals surface area contributed by atoms with Gasteiger partial charge in [0.25, 0.3) is 5.91 Å². The smallest absolute Gasteiger partial charge is 0.408 e. The third-order valence-corrected chi connectivity index (χ3v) is 8.49. The predicted molar refractivity (Wildman–Crippen MR) is 188 cm³/mol. The molecule has 0 aromatic heterocycles. The minimum atomic E-state index is -4.91. The fourth-order valence-electron chi connectivity index (χ4n) is 5.90. The Labute approximate surface area is 318 Å². The van der Waals surface area contributed by atoms with Crippen molar-refractivity contribution < 1.29 is 64.2 Å². The number of nitrogens with two attached hydrogens (primary N) is 1. The standard InChI is InChI=1S/C37H44F7N5O7/c1-19(2)26(47-34(54)56-35(4,5)6)33(53)55-18-49-28-20(3)9-7-12-25(28)27(21-10-8-11-22(38)17-21)46-30(32(49)52)48-31(51)24(14-16-37(42,43)44)23(29(45)50)13-15-36(39,40)41/h7-12,17,19,23-24,26,30H,13-16,18H2,1-6H3,(H2,45,50)(H,47,54)(H,48,51)/t23-,24+,26?,30+/m0/s1. The highest BCUT2D eigenvalue weighted by molar-refractivity contribution is 6.20. The molecule has 0 saturated carbocycles. The number of primary amides is 1. The molecule has 3 rings (SSSR count). The van der Waals surface area contributed by atoms with Crippen LogP contribution in [0.15, 0.2) is 47.5 Å². The van der Waals surface area contributed by atoms with Gasteiger partial charge in [0.1, 0.15) is 17.5 Å². The lowest BCUT2D eigenvalue weighted by Crippen LogP contribution is -2.52. The van der Waals surface area contributed by atoms with E-state index in [0.29, 0.717) is 5.56 Å². The van der Waals surface area contributed by atoms with E-state index < -0.39 is 116 Å². The molecule has 19 heteroatoms. The lowest BCUT2D eigenvalue weighted by atomic mass is 9.83. The number of hydrogen-bond acceptors (Lipinski definition) is 8. The van der Waals surface area contributed by atoms with Gasteiger partial charge in [-0.1, -0.05) is 44.2 Å². The van der Waals surface area contributed by atoms with Crippen molar-refractivity contribution in [3.05, 3.63) is 65.0 Å². The first-order chi connectivity index (χ1) is 25.8. The first-order valence-corrected chi connectivity index (χ1v) is 17.4. The van der Waals surface area contributed by atoms with Crippen molar-refractivity contribution in [1.82, 2.24) is 10.6 Å². The van der Waals surface area contributed by atoms with Gasteiger partial charge in [-0.15, -0.1) is 0 Å². The van der Waals surface area contributed by atoms with Crippen LogP contribution in [0.25, 0.3) is 0 Å². The number of nitrogens with zero attached hydrogens (tertiary/aromatic N) is 2. The van der Waals surface area contributed by atoms with Crippen LogP contribution >= 0.6 is 0 Å². The number of alkyl halides is 6. The highest BCUT2D eigenvalue weighted by atomic mass is 19.4. The number of carbonyl (C=O) groups excluding carboxylic acids is 5. The number of hydrogen-bond donors (Lipinski definition) is 3. The molecule has 1 aliphatic rings. The molecule has 4 amide bonds. The zero-order chi connectivity index (χ0) is 42.3. The van der Waals surface area contributed by atoms with Crippen LogP contribution in [-0.4, -0.2) is 72.4 Å². The number of benzene rings is 2. The van der Waals surface area contributed by atoms with Crippen LogP contribution in [0.1, 0.15) is 77.0 Å². The maximum Gasteiger partial charge on any atom is 0.408 e. The Morgan fingerprint density at radius 1 is 0.929 bits per heavy atom. The van der Waals surface area contributed by atoms with Gasteiger partial charge in [-0.2, -0.15) is 26.3 Å². The van der Waals surface area contributed by atoms with E-state index in [9.17, 15) is 54.7 Å². The molecule has 308 valence electrons. The van der Waals surface area contributed by atoms with Crippen LogP contribution in [-0.2, 0) is 28.7 Å². The molecule has 4 N–H and O–H groups in total. The highest BCUT2D eigenvalue weighted by Crippen LogP contribution is 2.35. The number of halogens is 7. The molecule has 1 aliphatic heterocycles. The van der Waals surface area contributed by atoms with Crippen LogP contribution in [0.2, 0.25) is 0 Å². The number of nitrogens with one attached hydrogen (secondary N) is 2.